The molecule has 2 aromatic carbocycles. The van der Waals surface area contributed by atoms with Gasteiger partial charge in [0.25, 0.3) is 11.6 Å². The lowest BCUT2D eigenvalue weighted by molar-refractivity contribution is -0.385. The Bertz CT molecular complexity index is 1210. The molecular weight excluding hydrogens is 461 g/mol. The number of nitro benzene ring substituents is 1. The largest absolute Gasteiger partial charge is 0.484 e. The molecule has 1 N–H and O–H groups in total. The molecule has 0 fully saturated rings. The topological polar surface area (TPSA) is 126 Å². The molecule has 0 saturated heterocycles. The van der Waals surface area contributed by atoms with Crippen molar-refractivity contribution in [3.05, 3.63) is 76.1 Å². The van der Waals surface area contributed by atoms with Gasteiger partial charge in [-0.25, -0.2) is 9.48 Å². The minimum atomic E-state index is -4.61. The number of nitrogens with one attached hydrogen (secondary N) is 1. The first-order chi connectivity index (χ1) is 16.1. The molecule has 1 aromatic heterocycles. The zero-order valence-corrected chi connectivity index (χ0v) is 17.5. The Morgan fingerprint density at radius 2 is 1.85 bits per heavy atom. The summed E-state index contributed by atoms with van der Waals surface area (Å²) in [5.74, 6) is -1.84. The summed E-state index contributed by atoms with van der Waals surface area (Å²) in [6, 6.07) is 10.3. The van der Waals surface area contributed by atoms with Gasteiger partial charge in [0.1, 0.15) is 11.3 Å². The van der Waals surface area contributed by atoms with E-state index in [2.05, 4.69) is 15.2 Å². The third kappa shape index (κ3) is 6.09. The van der Waals surface area contributed by atoms with E-state index in [1.54, 1.807) is 19.1 Å². The Hall–Kier alpha value is -4.42. The van der Waals surface area contributed by atoms with Gasteiger partial charge in [-0.1, -0.05) is 0 Å². The smallest absolute Gasteiger partial charge is 0.422 e. The fourth-order valence-electron chi connectivity index (χ4n) is 2.79. The van der Waals surface area contributed by atoms with Gasteiger partial charge in [0.2, 0.25) is 0 Å². The third-order valence-corrected chi connectivity index (χ3v) is 4.28. The number of rotatable bonds is 8. The normalized spacial score (nSPS) is 11.1. The number of ether oxygens (including phenoxy) is 2. The molecule has 10 nitrogen and oxygen atoms in total. The highest BCUT2D eigenvalue weighted by molar-refractivity contribution is 6.07. The number of carbonyl (C=O) groups is 2. The van der Waals surface area contributed by atoms with Gasteiger partial charge < -0.3 is 14.8 Å². The second kappa shape index (κ2) is 10.0. The van der Waals surface area contributed by atoms with E-state index in [0.717, 1.165) is 18.2 Å². The molecule has 1 amide bonds. The number of esters is 1. The van der Waals surface area contributed by atoms with Crippen LogP contribution in [0.5, 0.6) is 5.75 Å². The maximum atomic E-state index is 12.6. The van der Waals surface area contributed by atoms with Gasteiger partial charge >= 0.3 is 12.1 Å². The number of nitrogens with zero attached hydrogens (tertiary/aromatic N) is 3. The molecule has 178 valence electrons. The Labute approximate surface area is 190 Å². The van der Waals surface area contributed by atoms with E-state index in [-0.39, 0.29) is 23.7 Å². The van der Waals surface area contributed by atoms with Crippen molar-refractivity contribution in [3.63, 3.8) is 0 Å². The number of benzene rings is 2. The zero-order valence-electron chi connectivity index (χ0n) is 17.5. The van der Waals surface area contributed by atoms with E-state index in [4.69, 9.17) is 4.74 Å². The molecule has 0 atom stereocenters. The van der Waals surface area contributed by atoms with Crippen LogP contribution in [-0.2, 0) is 4.74 Å². The number of aromatic nitrogens is 2. The molecule has 0 saturated carbocycles. The first kappa shape index (κ1) is 24.2. The van der Waals surface area contributed by atoms with Gasteiger partial charge in [-0.3, -0.25) is 14.9 Å². The Kier molecular flexibility index (Phi) is 7.14. The highest BCUT2D eigenvalue weighted by Crippen LogP contribution is 2.27. The van der Waals surface area contributed by atoms with E-state index in [9.17, 15) is 32.9 Å². The summed E-state index contributed by atoms with van der Waals surface area (Å²) in [5.41, 5.74) is -0.167. The summed E-state index contributed by atoms with van der Waals surface area (Å²) in [6.45, 7) is 0.261. The van der Waals surface area contributed by atoms with Gasteiger partial charge in [-0.15, -0.1) is 0 Å². The maximum Gasteiger partial charge on any atom is 0.422 e. The molecule has 0 aliphatic heterocycles. The highest BCUT2D eigenvalue weighted by atomic mass is 19.4. The van der Waals surface area contributed by atoms with Crippen molar-refractivity contribution in [2.24, 2.45) is 0 Å². The quantitative estimate of drug-likeness (QED) is 0.293. The number of hydrogen-bond donors (Lipinski definition) is 1. The number of anilines is 1. The molecule has 0 unspecified atom stereocenters. The standard InChI is InChI=1S/C21H17F3N4O6/c1-2-33-20(30)17-9-10-27(26-17)14-5-3-13(4-6-14)25-19(29)16-11-15(34-12-21(22,23)24)7-8-18(16)28(31)32/h3-11H,2,12H2,1H3,(H,25,29). The highest BCUT2D eigenvalue weighted by Gasteiger charge is 2.29. The molecule has 0 radical (unpaired) electrons. The Morgan fingerprint density at radius 1 is 1.15 bits per heavy atom. The van der Waals surface area contributed by atoms with Crippen molar-refractivity contribution in [2.75, 3.05) is 18.5 Å². The lowest BCUT2D eigenvalue weighted by atomic mass is 10.1. The molecular formula is C21H17F3N4O6. The van der Waals surface area contributed by atoms with Crippen LogP contribution < -0.4 is 10.1 Å². The van der Waals surface area contributed by atoms with Crippen molar-refractivity contribution in [1.82, 2.24) is 9.78 Å². The lowest BCUT2D eigenvalue weighted by Gasteiger charge is -2.11. The summed E-state index contributed by atoms with van der Waals surface area (Å²) >= 11 is 0. The Morgan fingerprint density at radius 3 is 2.47 bits per heavy atom. The van der Waals surface area contributed by atoms with Crippen LogP contribution >= 0.6 is 0 Å². The van der Waals surface area contributed by atoms with E-state index in [1.165, 1.54) is 29.1 Å². The number of halogens is 3. The van der Waals surface area contributed by atoms with E-state index in [1.807, 2.05) is 0 Å². The van der Waals surface area contributed by atoms with Gasteiger partial charge in [0.05, 0.1) is 17.2 Å². The number of hydrogen-bond acceptors (Lipinski definition) is 7. The van der Waals surface area contributed by atoms with Gasteiger partial charge in [0, 0.05) is 18.0 Å². The number of alkyl halides is 3. The van der Waals surface area contributed by atoms with Crippen LogP contribution in [0.25, 0.3) is 5.69 Å². The van der Waals surface area contributed by atoms with Crippen molar-refractivity contribution in [2.45, 2.75) is 13.1 Å². The van der Waals surface area contributed by atoms with E-state index < -0.39 is 40.8 Å². The first-order valence-corrected chi connectivity index (χ1v) is 9.70. The van der Waals surface area contributed by atoms with Crippen LogP contribution in [0, 0.1) is 10.1 Å². The van der Waals surface area contributed by atoms with Crippen molar-refractivity contribution in [3.8, 4) is 11.4 Å². The van der Waals surface area contributed by atoms with Crippen molar-refractivity contribution in [1.29, 1.82) is 0 Å². The van der Waals surface area contributed by atoms with Crippen LogP contribution in [0.2, 0.25) is 0 Å². The molecule has 0 aliphatic rings. The van der Waals surface area contributed by atoms with Crippen LogP contribution in [0.3, 0.4) is 0 Å². The minimum Gasteiger partial charge on any atom is -0.484 e. The predicted molar refractivity (Wildman–Crippen MR) is 112 cm³/mol. The average Bonchev–Trinajstić information content (AvgIpc) is 3.28. The molecule has 0 aliphatic carbocycles. The monoisotopic (exact) mass is 478 g/mol. The Balaban J connectivity index is 1.76. The molecule has 3 aromatic rings. The lowest BCUT2D eigenvalue weighted by Crippen LogP contribution is -2.20. The second-order valence-electron chi connectivity index (χ2n) is 6.71. The molecule has 0 bridgehead atoms. The third-order valence-electron chi connectivity index (χ3n) is 4.28. The van der Waals surface area contributed by atoms with Gasteiger partial charge in [-0.2, -0.15) is 18.3 Å². The second-order valence-corrected chi connectivity index (χ2v) is 6.71. The van der Waals surface area contributed by atoms with E-state index in [0.29, 0.717) is 5.69 Å². The SMILES string of the molecule is CCOC(=O)c1ccn(-c2ccc(NC(=O)c3cc(OCC(F)(F)F)ccc3[N+](=O)[O-])cc2)n1. The summed E-state index contributed by atoms with van der Waals surface area (Å²) < 4.78 is 48.0. The summed E-state index contributed by atoms with van der Waals surface area (Å²) in [7, 11) is 0. The van der Waals surface area contributed by atoms with E-state index >= 15 is 0 Å². The molecule has 34 heavy (non-hydrogen) atoms. The summed E-state index contributed by atoms with van der Waals surface area (Å²) in [5, 5.41) is 17.8. The number of carbonyl (C=O) groups excluding carboxylic acids is 2. The minimum absolute atomic E-state index is 0.110. The fourth-order valence-corrected chi connectivity index (χ4v) is 2.79. The fraction of sp³-hybridized carbons (Fsp3) is 0.190. The maximum absolute atomic E-state index is 12.6. The average molecular weight is 478 g/mol. The first-order valence-electron chi connectivity index (χ1n) is 9.70. The van der Waals surface area contributed by atoms with Crippen LogP contribution in [-0.4, -0.2) is 46.0 Å². The van der Waals surface area contributed by atoms with Crippen LogP contribution in [0.15, 0.2) is 54.7 Å². The summed E-state index contributed by atoms with van der Waals surface area (Å²) in [4.78, 5) is 34.8. The zero-order chi connectivity index (χ0) is 24.9. The predicted octanol–water partition coefficient (Wildman–Crippen LogP) is 4.15. The van der Waals surface area contributed by atoms with Crippen molar-refractivity contribution >= 4 is 23.3 Å². The molecule has 13 heteroatoms. The molecule has 1 heterocycles. The summed E-state index contributed by atoms with van der Waals surface area (Å²) in [6.07, 6.45) is -3.08. The van der Waals surface area contributed by atoms with Crippen molar-refractivity contribution < 1.29 is 37.2 Å². The van der Waals surface area contributed by atoms with Crippen LogP contribution in [0.4, 0.5) is 24.5 Å². The number of amides is 1. The van der Waals surface area contributed by atoms with Gasteiger partial charge in [-0.05, 0) is 49.4 Å². The van der Waals surface area contributed by atoms with Crippen LogP contribution in [0.1, 0.15) is 27.8 Å². The molecule has 3 rings (SSSR count). The number of nitro groups is 1. The van der Waals surface area contributed by atoms with Gasteiger partial charge in [0.15, 0.2) is 12.3 Å². The molecule has 0 spiro atoms.